The Hall–Kier alpha value is -2.00. The summed E-state index contributed by atoms with van der Waals surface area (Å²) in [4.78, 5) is 12.0. The Morgan fingerprint density at radius 3 is 2.33 bits per heavy atom. The molecule has 0 aliphatic heterocycles. The second-order valence-corrected chi connectivity index (χ2v) is 6.39. The molecule has 0 aromatic heterocycles. The number of carbonyl (C=O) groups excluding carboxylic acids is 1. The number of nitrogens with one attached hydrogen (secondary N) is 1. The average Bonchev–Trinajstić information content (AvgIpc) is 2.57. The minimum Gasteiger partial charge on any atom is -0.484 e. The zero-order valence-corrected chi connectivity index (χ0v) is 15.2. The van der Waals surface area contributed by atoms with Gasteiger partial charge < -0.3 is 10.1 Å². The average molecular weight is 346 g/mol. The first-order valence-corrected chi connectivity index (χ1v) is 8.65. The second kappa shape index (κ2) is 8.74. The number of unbranched alkanes of at least 4 members (excludes halogenated alkanes) is 1. The van der Waals surface area contributed by atoms with E-state index >= 15 is 0 Å². The molecule has 2 rings (SSSR count). The number of ether oxygens (including phenoxy) is 1. The second-order valence-electron chi connectivity index (χ2n) is 6.01. The van der Waals surface area contributed by atoms with Gasteiger partial charge in [-0.15, -0.1) is 0 Å². The number of benzene rings is 2. The molecule has 0 spiro atoms. The van der Waals surface area contributed by atoms with Crippen molar-refractivity contribution in [2.75, 3.05) is 11.9 Å². The van der Waals surface area contributed by atoms with Crippen molar-refractivity contribution < 1.29 is 9.53 Å². The van der Waals surface area contributed by atoms with Gasteiger partial charge in [-0.05, 0) is 67.6 Å². The molecule has 128 valence electrons. The van der Waals surface area contributed by atoms with Crippen LogP contribution in [0.3, 0.4) is 0 Å². The van der Waals surface area contributed by atoms with Crippen LogP contribution in [0.15, 0.2) is 36.4 Å². The molecule has 0 unspecified atom stereocenters. The van der Waals surface area contributed by atoms with E-state index in [1.807, 2.05) is 38.1 Å². The SMILES string of the molecule is CCCCc1ccc(NC(=O)COc2cc(C)c(Cl)c(C)c2)cc1. The number of hydrogen-bond acceptors (Lipinski definition) is 2. The number of carbonyl (C=O) groups is 1. The molecule has 2 aromatic rings. The zero-order chi connectivity index (χ0) is 17.5. The van der Waals surface area contributed by atoms with Crippen molar-refractivity contribution in [3.63, 3.8) is 0 Å². The van der Waals surface area contributed by atoms with Crippen LogP contribution in [0, 0.1) is 13.8 Å². The van der Waals surface area contributed by atoms with E-state index in [4.69, 9.17) is 16.3 Å². The summed E-state index contributed by atoms with van der Waals surface area (Å²) in [5, 5.41) is 3.58. The lowest BCUT2D eigenvalue weighted by molar-refractivity contribution is -0.118. The molecule has 3 nitrogen and oxygen atoms in total. The summed E-state index contributed by atoms with van der Waals surface area (Å²) in [6.07, 6.45) is 3.43. The number of aryl methyl sites for hydroxylation is 3. The third-order valence-corrected chi connectivity index (χ3v) is 4.43. The first-order chi connectivity index (χ1) is 11.5. The molecule has 1 amide bonds. The number of rotatable bonds is 7. The van der Waals surface area contributed by atoms with Gasteiger partial charge in [-0.1, -0.05) is 37.1 Å². The van der Waals surface area contributed by atoms with Gasteiger partial charge in [0, 0.05) is 10.7 Å². The third-order valence-electron chi connectivity index (χ3n) is 3.84. The Labute approximate surface area is 149 Å². The van der Waals surface area contributed by atoms with Crippen LogP contribution in [0.5, 0.6) is 5.75 Å². The molecule has 0 aliphatic rings. The predicted octanol–water partition coefficient (Wildman–Crippen LogP) is 5.32. The van der Waals surface area contributed by atoms with Crippen LogP contribution in [0.1, 0.15) is 36.5 Å². The summed E-state index contributed by atoms with van der Waals surface area (Å²) in [6.45, 7) is 5.99. The highest BCUT2D eigenvalue weighted by Crippen LogP contribution is 2.25. The summed E-state index contributed by atoms with van der Waals surface area (Å²) in [5.41, 5.74) is 3.95. The Morgan fingerprint density at radius 1 is 1.12 bits per heavy atom. The maximum atomic E-state index is 12.0. The first-order valence-electron chi connectivity index (χ1n) is 8.28. The number of hydrogen-bond donors (Lipinski definition) is 1. The number of halogens is 1. The normalized spacial score (nSPS) is 10.5. The lowest BCUT2D eigenvalue weighted by Gasteiger charge is -2.10. The van der Waals surface area contributed by atoms with Crippen molar-refractivity contribution in [2.24, 2.45) is 0 Å². The van der Waals surface area contributed by atoms with Crippen LogP contribution >= 0.6 is 11.6 Å². The molecule has 0 atom stereocenters. The van der Waals surface area contributed by atoms with Crippen LogP contribution in [-0.2, 0) is 11.2 Å². The van der Waals surface area contributed by atoms with Gasteiger partial charge in [-0.2, -0.15) is 0 Å². The van der Waals surface area contributed by atoms with E-state index in [1.165, 1.54) is 18.4 Å². The van der Waals surface area contributed by atoms with E-state index in [2.05, 4.69) is 24.4 Å². The fourth-order valence-electron chi connectivity index (χ4n) is 2.47. The standard InChI is InChI=1S/C20H24ClNO2/c1-4-5-6-16-7-9-17(10-8-16)22-19(23)13-24-18-11-14(2)20(21)15(3)12-18/h7-12H,4-6,13H2,1-3H3,(H,22,23). The van der Waals surface area contributed by atoms with Gasteiger partial charge in [-0.25, -0.2) is 0 Å². The molecule has 0 heterocycles. The monoisotopic (exact) mass is 345 g/mol. The third kappa shape index (κ3) is 5.27. The largest absolute Gasteiger partial charge is 0.484 e. The van der Waals surface area contributed by atoms with Crippen molar-refractivity contribution >= 4 is 23.2 Å². The minimum atomic E-state index is -0.179. The summed E-state index contributed by atoms with van der Waals surface area (Å²) >= 11 is 6.13. The minimum absolute atomic E-state index is 0.0297. The lowest BCUT2D eigenvalue weighted by atomic mass is 10.1. The van der Waals surface area contributed by atoms with Gasteiger partial charge >= 0.3 is 0 Å². The molecule has 1 N–H and O–H groups in total. The van der Waals surface area contributed by atoms with E-state index in [9.17, 15) is 4.79 Å². The molecular formula is C20H24ClNO2. The topological polar surface area (TPSA) is 38.3 Å². The summed E-state index contributed by atoms with van der Waals surface area (Å²) in [7, 11) is 0. The maximum Gasteiger partial charge on any atom is 0.262 e. The van der Waals surface area contributed by atoms with Crippen LogP contribution < -0.4 is 10.1 Å². The Bertz CT molecular complexity index is 672. The number of amides is 1. The lowest BCUT2D eigenvalue weighted by Crippen LogP contribution is -2.20. The summed E-state index contributed by atoms with van der Waals surface area (Å²) < 4.78 is 5.56. The maximum absolute atomic E-state index is 12.0. The molecule has 0 saturated heterocycles. The molecule has 4 heteroatoms. The quantitative estimate of drug-likeness (QED) is 0.737. The van der Waals surface area contributed by atoms with Gasteiger partial charge in [-0.3, -0.25) is 4.79 Å². The van der Waals surface area contributed by atoms with Crippen molar-refractivity contribution in [3.8, 4) is 5.75 Å². The van der Waals surface area contributed by atoms with Gasteiger partial charge in [0.25, 0.3) is 5.91 Å². The van der Waals surface area contributed by atoms with Crippen LogP contribution in [0.4, 0.5) is 5.69 Å². The highest BCUT2D eigenvalue weighted by Gasteiger charge is 2.07. The van der Waals surface area contributed by atoms with E-state index in [0.29, 0.717) is 5.75 Å². The van der Waals surface area contributed by atoms with Crippen molar-refractivity contribution in [1.29, 1.82) is 0 Å². The van der Waals surface area contributed by atoms with Gasteiger partial charge in [0.05, 0.1) is 0 Å². The molecular weight excluding hydrogens is 322 g/mol. The van der Waals surface area contributed by atoms with E-state index in [1.54, 1.807) is 0 Å². The first kappa shape index (κ1) is 18.3. The van der Waals surface area contributed by atoms with E-state index < -0.39 is 0 Å². The fraction of sp³-hybridized carbons (Fsp3) is 0.350. The molecule has 24 heavy (non-hydrogen) atoms. The smallest absolute Gasteiger partial charge is 0.262 e. The molecule has 0 saturated carbocycles. The van der Waals surface area contributed by atoms with Crippen LogP contribution in [-0.4, -0.2) is 12.5 Å². The van der Waals surface area contributed by atoms with Crippen molar-refractivity contribution in [1.82, 2.24) is 0 Å². The van der Waals surface area contributed by atoms with Crippen LogP contribution in [0.2, 0.25) is 5.02 Å². The molecule has 2 aromatic carbocycles. The Kier molecular flexibility index (Phi) is 6.68. The number of anilines is 1. The zero-order valence-electron chi connectivity index (χ0n) is 14.5. The Morgan fingerprint density at radius 2 is 1.75 bits per heavy atom. The fourth-order valence-corrected chi connectivity index (χ4v) is 2.58. The molecule has 0 fully saturated rings. The van der Waals surface area contributed by atoms with Gasteiger partial charge in [0.1, 0.15) is 5.75 Å². The van der Waals surface area contributed by atoms with E-state index in [-0.39, 0.29) is 12.5 Å². The summed E-state index contributed by atoms with van der Waals surface area (Å²) in [5.74, 6) is 0.473. The predicted molar refractivity (Wildman–Crippen MR) is 100 cm³/mol. The molecule has 0 bridgehead atoms. The molecule has 0 aliphatic carbocycles. The highest BCUT2D eigenvalue weighted by atomic mass is 35.5. The van der Waals surface area contributed by atoms with Gasteiger partial charge in [0.15, 0.2) is 6.61 Å². The molecule has 0 radical (unpaired) electrons. The summed E-state index contributed by atoms with van der Waals surface area (Å²) in [6, 6.07) is 11.6. The van der Waals surface area contributed by atoms with Crippen LogP contribution in [0.25, 0.3) is 0 Å². The highest BCUT2D eigenvalue weighted by molar-refractivity contribution is 6.32. The van der Waals surface area contributed by atoms with Crippen molar-refractivity contribution in [3.05, 3.63) is 58.1 Å². The van der Waals surface area contributed by atoms with E-state index in [0.717, 1.165) is 28.3 Å². The van der Waals surface area contributed by atoms with Gasteiger partial charge in [0.2, 0.25) is 0 Å². The van der Waals surface area contributed by atoms with Crippen molar-refractivity contribution in [2.45, 2.75) is 40.0 Å². The Balaban J connectivity index is 1.87.